The van der Waals surface area contributed by atoms with Crippen LogP contribution in [0.4, 0.5) is 0 Å². The number of carboxylic acid groups (broad SMARTS) is 1. The van der Waals surface area contributed by atoms with Crippen LogP contribution in [0.2, 0.25) is 0 Å². The minimum atomic E-state index is -1.09. The van der Waals surface area contributed by atoms with Crippen molar-refractivity contribution in [1.82, 2.24) is 5.32 Å². The van der Waals surface area contributed by atoms with E-state index >= 15 is 0 Å². The van der Waals surface area contributed by atoms with Gasteiger partial charge in [0, 0.05) is 19.5 Å². The van der Waals surface area contributed by atoms with Crippen molar-refractivity contribution in [2.24, 2.45) is 11.5 Å². The van der Waals surface area contributed by atoms with Crippen molar-refractivity contribution in [2.45, 2.75) is 18.9 Å². The van der Waals surface area contributed by atoms with E-state index in [9.17, 15) is 9.59 Å². The normalized spacial score (nSPS) is 12.2. The zero-order chi connectivity index (χ0) is 10.3. The maximum Gasteiger partial charge on any atom is 0.320 e. The molecule has 0 saturated carbocycles. The number of hydrogen-bond acceptors (Lipinski definition) is 4. The highest BCUT2D eigenvalue weighted by atomic mass is 16.4. The molecule has 1 atom stereocenters. The molecule has 0 heterocycles. The van der Waals surface area contributed by atoms with E-state index in [-0.39, 0.29) is 18.7 Å². The molecule has 0 radical (unpaired) electrons. The summed E-state index contributed by atoms with van der Waals surface area (Å²) in [5, 5.41) is 10.9. The minimum absolute atomic E-state index is 0.119. The summed E-state index contributed by atoms with van der Waals surface area (Å²) < 4.78 is 0. The topological polar surface area (TPSA) is 118 Å². The number of rotatable bonds is 6. The predicted molar refractivity (Wildman–Crippen MR) is 46.9 cm³/mol. The first-order valence-corrected chi connectivity index (χ1v) is 4.03. The van der Waals surface area contributed by atoms with E-state index in [4.69, 9.17) is 16.6 Å². The molecule has 0 aromatic carbocycles. The molecule has 0 aromatic rings. The first-order chi connectivity index (χ1) is 6.07. The van der Waals surface area contributed by atoms with Crippen LogP contribution in [-0.2, 0) is 9.59 Å². The molecule has 6 N–H and O–H groups in total. The highest BCUT2D eigenvalue weighted by molar-refractivity contribution is 5.78. The smallest absolute Gasteiger partial charge is 0.320 e. The van der Waals surface area contributed by atoms with Crippen molar-refractivity contribution in [3.8, 4) is 0 Å². The Morgan fingerprint density at radius 1 is 1.46 bits per heavy atom. The van der Waals surface area contributed by atoms with Crippen molar-refractivity contribution in [2.75, 3.05) is 13.1 Å². The zero-order valence-corrected chi connectivity index (χ0v) is 7.32. The van der Waals surface area contributed by atoms with Gasteiger partial charge in [-0.1, -0.05) is 0 Å². The number of carbonyl (C=O) groups is 2. The molecule has 0 aliphatic heterocycles. The highest BCUT2D eigenvalue weighted by Crippen LogP contribution is 1.93. The van der Waals surface area contributed by atoms with Crippen LogP contribution < -0.4 is 16.8 Å². The van der Waals surface area contributed by atoms with Crippen LogP contribution in [0, 0.1) is 0 Å². The Morgan fingerprint density at radius 3 is 2.54 bits per heavy atom. The third kappa shape index (κ3) is 6.06. The Balaban J connectivity index is 3.52. The van der Waals surface area contributed by atoms with Gasteiger partial charge in [-0.15, -0.1) is 0 Å². The molecule has 1 amide bonds. The number of carbonyl (C=O) groups excluding carboxylic acids is 1. The summed E-state index contributed by atoms with van der Waals surface area (Å²) in [6.45, 7) is 0.776. The van der Waals surface area contributed by atoms with Gasteiger partial charge in [0.25, 0.3) is 0 Å². The first kappa shape index (κ1) is 11.9. The molecule has 76 valence electrons. The fourth-order valence-corrected chi connectivity index (χ4v) is 0.710. The van der Waals surface area contributed by atoms with Gasteiger partial charge in [0.2, 0.25) is 5.91 Å². The molecule has 6 heteroatoms. The van der Waals surface area contributed by atoms with E-state index in [0.29, 0.717) is 13.1 Å². The van der Waals surface area contributed by atoms with Crippen LogP contribution >= 0.6 is 0 Å². The second-order valence-corrected chi connectivity index (χ2v) is 2.62. The lowest BCUT2D eigenvalue weighted by atomic mass is 10.1. The fourth-order valence-electron chi connectivity index (χ4n) is 0.710. The maximum atomic E-state index is 10.9. The Labute approximate surface area is 76.3 Å². The molecule has 0 aliphatic rings. The molecule has 0 aromatic heterocycles. The third-order valence-electron chi connectivity index (χ3n) is 1.47. The van der Waals surface area contributed by atoms with Gasteiger partial charge in [0.1, 0.15) is 6.04 Å². The number of aliphatic carboxylic acids is 1. The van der Waals surface area contributed by atoms with E-state index in [2.05, 4.69) is 5.32 Å². The third-order valence-corrected chi connectivity index (χ3v) is 1.47. The van der Waals surface area contributed by atoms with Crippen molar-refractivity contribution in [1.29, 1.82) is 0 Å². The zero-order valence-electron chi connectivity index (χ0n) is 7.32. The van der Waals surface area contributed by atoms with Crippen LogP contribution in [0.15, 0.2) is 0 Å². The monoisotopic (exact) mass is 189 g/mol. The summed E-state index contributed by atoms with van der Waals surface area (Å²) in [4.78, 5) is 21.2. The number of nitrogens with two attached hydrogens (primary N) is 2. The van der Waals surface area contributed by atoms with Gasteiger partial charge in [-0.3, -0.25) is 9.59 Å². The van der Waals surface area contributed by atoms with Gasteiger partial charge in [0.15, 0.2) is 0 Å². The largest absolute Gasteiger partial charge is 0.480 e. The molecular formula is C7H15N3O3. The summed E-state index contributed by atoms with van der Waals surface area (Å²) in [5.74, 6) is -1.31. The van der Waals surface area contributed by atoms with E-state index in [1.54, 1.807) is 0 Å². The molecule has 13 heavy (non-hydrogen) atoms. The molecule has 1 unspecified atom stereocenters. The van der Waals surface area contributed by atoms with Gasteiger partial charge in [-0.05, 0) is 6.42 Å². The molecule has 0 fully saturated rings. The Morgan fingerprint density at radius 2 is 2.08 bits per heavy atom. The van der Waals surface area contributed by atoms with Crippen LogP contribution in [0.25, 0.3) is 0 Å². The van der Waals surface area contributed by atoms with E-state index in [0.717, 1.165) is 0 Å². The molecular weight excluding hydrogens is 174 g/mol. The summed E-state index contributed by atoms with van der Waals surface area (Å²) in [5.41, 5.74) is 10.3. The highest BCUT2D eigenvalue weighted by Gasteiger charge is 2.12. The van der Waals surface area contributed by atoms with Crippen molar-refractivity contribution < 1.29 is 14.7 Å². The van der Waals surface area contributed by atoms with Gasteiger partial charge in [-0.25, -0.2) is 0 Å². The van der Waals surface area contributed by atoms with E-state index in [1.807, 2.05) is 0 Å². The van der Waals surface area contributed by atoms with Crippen molar-refractivity contribution in [3.63, 3.8) is 0 Å². The summed E-state index contributed by atoms with van der Waals surface area (Å²) >= 11 is 0. The average Bonchev–Trinajstić information content (AvgIpc) is 2.10. The van der Waals surface area contributed by atoms with Crippen LogP contribution in [0.1, 0.15) is 12.8 Å². The summed E-state index contributed by atoms with van der Waals surface area (Å²) in [7, 11) is 0. The van der Waals surface area contributed by atoms with Crippen molar-refractivity contribution in [3.05, 3.63) is 0 Å². The minimum Gasteiger partial charge on any atom is -0.480 e. The molecule has 0 aliphatic carbocycles. The second-order valence-electron chi connectivity index (χ2n) is 2.62. The second kappa shape index (κ2) is 6.38. The number of hydrogen-bond donors (Lipinski definition) is 4. The van der Waals surface area contributed by atoms with Gasteiger partial charge in [0.05, 0.1) is 0 Å². The molecule has 0 rings (SSSR count). The van der Waals surface area contributed by atoms with Crippen LogP contribution in [-0.4, -0.2) is 36.1 Å². The Kier molecular flexibility index (Phi) is 5.82. The quantitative estimate of drug-likeness (QED) is 0.395. The molecule has 6 nitrogen and oxygen atoms in total. The molecule has 0 bridgehead atoms. The van der Waals surface area contributed by atoms with Gasteiger partial charge < -0.3 is 21.9 Å². The van der Waals surface area contributed by atoms with E-state index < -0.39 is 12.0 Å². The lowest BCUT2D eigenvalue weighted by Crippen LogP contribution is -2.34. The summed E-state index contributed by atoms with van der Waals surface area (Å²) in [6, 6.07) is -0.969. The lowest BCUT2D eigenvalue weighted by Gasteiger charge is -2.06. The molecule has 0 spiro atoms. The van der Waals surface area contributed by atoms with Crippen LogP contribution in [0.5, 0.6) is 0 Å². The first-order valence-electron chi connectivity index (χ1n) is 4.03. The van der Waals surface area contributed by atoms with E-state index in [1.165, 1.54) is 0 Å². The number of carboxylic acids is 1. The molecule has 0 saturated heterocycles. The lowest BCUT2D eigenvalue weighted by molar-refractivity contribution is -0.138. The summed E-state index contributed by atoms with van der Waals surface area (Å²) in [6.07, 6.45) is 0.263. The predicted octanol–water partition coefficient (Wildman–Crippen LogP) is -1.75. The SMILES string of the molecule is NCCNC(=O)CCC(N)C(=O)O. The fraction of sp³-hybridized carbons (Fsp3) is 0.714. The van der Waals surface area contributed by atoms with Gasteiger partial charge in [-0.2, -0.15) is 0 Å². The Hall–Kier alpha value is -1.14. The average molecular weight is 189 g/mol. The standard InChI is InChI=1S/C7H15N3O3/c8-3-4-10-6(11)2-1-5(9)7(12)13/h5H,1-4,8-9H2,(H,10,11)(H,12,13). The number of amides is 1. The van der Waals surface area contributed by atoms with Crippen molar-refractivity contribution >= 4 is 11.9 Å². The number of nitrogens with one attached hydrogen (secondary N) is 1. The van der Waals surface area contributed by atoms with Crippen LogP contribution in [0.3, 0.4) is 0 Å². The Bertz CT molecular complexity index is 184. The maximum absolute atomic E-state index is 10.9. The van der Waals surface area contributed by atoms with Gasteiger partial charge >= 0.3 is 5.97 Å².